The molecule has 0 bridgehead atoms. The smallest absolute Gasteiger partial charge is 0.149 e. The molecule has 0 aromatic carbocycles. The second kappa shape index (κ2) is 4.37. The van der Waals surface area contributed by atoms with Gasteiger partial charge >= 0.3 is 0 Å². The Kier molecular flexibility index (Phi) is 3.42. The van der Waals surface area contributed by atoms with Crippen LogP contribution in [0.3, 0.4) is 0 Å². The monoisotopic (exact) mass is 182 g/mol. The highest BCUT2D eigenvalue weighted by atomic mass is 15.3. The molecule has 1 aromatic rings. The number of hydrogen-bond donors (Lipinski definition) is 1. The molecular formula is C9H18N4. The predicted octanol–water partition coefficient (Wildman–Crippen LogP) is 1.34. The molecule has 1 atom stereocenters. The van der Waals surface area contributed by atoms with Crippen molar-refractivity contribution >= 4 is 0 Å². The summed E-state index contributed by atoms with van der Waals surface area (Å²) in [5.41, 5.74) is 5.99. The van der Waals surface area contributed by atoms with Crippen LogP contribution < -0.4 is 5.73 Å². The lowest BCUT2D eigenvalue weighted by molar-refractivity contribution is 0.476. The van der Waals surface area contributed by atoms with Crippen molar-refractivity contribution in [2.75, 3.05) is 0 Å². The number of aromatic nitrogens is 3. The highest BCUT2D eigenvalue weighted by molar-refractivity contribution is 4.93. The maximum absolute atomic E-state index is 5.99. The van der Waals surface area contributed by atoms with E-state index in [-0.39, 0.29) is 6.04 Å². The van der Waals surface area contributed by atoms with Crippen molar-refractivity contribution in [3.8, 4) is 0 Å². The van der Waals surface area contributed by atoms with E-state index >= 15 is 0 Å². The predicted molar refractivity (Wildman–Crippen MR) is 52.1 cm³/mol. The molecule has 2 N–H and O–H groups in total. The van der Waals surface area contributed by atoms with Gasteiger partial charge in [0.15, 0.2) is 0 Å². The summed E-state index contributed by atoms with van der Waals surface area (Å²) in [4.78, 5) is 0. The maximum atomic E-state index is 5.99. The van der Waals surface area contributed by atoms with Crippen LogP contribution in [0.1, 0.15) is 39.1 Å². The normalized spacial score (nSPS) is 13.6. The molecule has 0 saturated carbocycles. The van der Waals surface area contributed by atoms with E-state index in [9.17, 15) is 0 Å². The summed E-state index contributed by atoms with van der Waals surface area (Å²) in [6.07, 6.45) is 2.69. The Morgan fingerprint density at radius 3 is 2.77 bits per heavy atom. The van der Waals surface area contributed by atoms with Crippen LogP contribution in [0, 0.1) is 5.92 Å². The first-order chi connectivity index (χ1) is 6.15. The fourth-order valence-electron chi connectivity index (χ4n) is 1.41. The summed E-state index contributed by atoms with van der Waals surface area (Å²) < 4.78 is 1.99. The second-order valence-electron chi connectivity index (χ2n) is 3.71. The van der Waals surface area contributed by atoms with E-state index in [0.717, 1.165) is 18.8 Å². The van der Waals surface area contributed by atoms with Gasteiger partial charge in [0.2, 0.25) is 0 Å². The largest absolute Gasteiger partial charge is 0.321 e. The highest BCUT2D eigenvalue weighted by Crippen LogP contribution is 2.16. The van der Waals surface area contributed by atoms with Crippen molar-refractivity contribution in [1.82, 2.24) is 14.8 Å². The van der Waals surface area contributed by atoms with Crippen LogP contribution in [0.5, 0.6) is 0 Å². The van der Waals surface area contributed by atoms with Crippen molar-refractivity contribution in [2.24, 2.45) is 11.7 Å². The quantitative estimate of drug-likeness (QED) is 0.764. The zero-order valence-electron chi connectivity index (χ0n) is 8.57. The summed E-state index contributed by atoms with van der Waals surface area (Å²) in [7, 11) is 0. The Morgan fingerprint density at radius 1 is 1.54 bits per heavy atom. The second-order valence-corrected chi connectivity index (χ2v) is 3.71. The Morgan fingerprint density at radius 2 is 2.23 bits per heavy atom. The summed E-state index contributed by atoms with van der Waals surface area (Å²) in [5.74, 6) is 1.49. The molecule has 4 nitrogen and oxygen atoms in total. The van der Waals surface area contributed by atoms with E-state index in [1.807, 2.05) is 4.57 Å². The van der Waals surface area contributed by atoms with Crippen LogP contribution in [0.2, 0.25) is 0 Å². The number of hydrogen-bond acceptors (Lipinski definition) is 3. The van der Waals surface area contributed by atoms with E-state index in [1.165, 1.54) is 0 Å². The number of aryl methyl sites for hydroxylation is 1. The summed E-state index contributed by atoms with van der Waals surface area (Å²) in [5, 5.41) is 7.88. The topological polar surface area (TPSA) is 56.7 Å². The molecule has 0 aliphatic heterocycles. The minimum absolute atomic E-state index is 0.0162. The first kappa shape index (κ1) is 10.2. The minimum Gasteiger partial charge on any atom is -0.321 e. The van der Waals surface area contributed by atoms with E-state index in [0.29, 0.717) is 5.92 Å². The van der Waals surface area contributed by atoms with Gasteiger partial charge in [-0.05, 0) is 19.3 Å². The van der Waals surface area contributed by atoms with Crippen LogP contribution in [0.4, 0.5) is 0 Å². The molecule has 0 amide bonds. The zero-order valence-corrected chi connectivity index (χ0v) is 8.57. The Bertz CT molecular complexity index is 254. The third-order valence-electron chi connectivity index (χ3n) is 2.04. The molecule has 74 valence electrons. The lowest BCUT2D eigenvalue weighted by Gasteiger charge is -2.13. The first-order valence-corrected chi connectivity index (χ1v) is 4.78. The van der Waals surface area contributed by atoms with Gasteiger partial charge in [-0.25, -0.2) is 0 Å². The van der Waals surface area contributed by atoms with Crippen LogP contribution >= 0.6 is 0 Å². The highest BCUT2D eigenvalue weighted by Gasteiger charge is 2.13. The van der Waals surface area contributed by atoms with Crippen LogP contribution in [0.25, 0.3) is 0 Å². The molecule has 1 rings (SSSR count). The molecular weight excluding hydrogens is 164 g/mol. The van der Waals surface area contributed by atoms with Crippen molar-refractivity contribution in [3.63, 3.8) is 0 Å². The maximum Gasteiger partial charge on any atom is 0.149 e. The Balaban J connectivity index is 2.69. The number of nitrogens with zero attached hydrogens (tertiary/aromatic N) is 3. The van der Waals surface area contributed by atoms with Crippen molar-refractivity contribution in [1.29, 1.82) is 0 Å². The van der Waals surface area contributed by atoms with Gasteiger partial charge in [0.05, 0.1) is 6.04 Å². The van der Waals surface area contributed by atoms with Crippen molar-refractivity contribution in [3.05, 3.63) is 12.2 Å². The summed E-state index contributed by atoms with van der Waals surface area (Å²) in [6, 6.07) is 0.0162. The van der Waals surface area contributed by atoms with Gasteiger partial charge in [0, 0.05) is 6.54 Å². The van der Waals surface area contributed by atoms with Crippen molar-refractivity contribution in [2.45, 2.75) is 39.8 Å². The zero-order chi connectivity index (χ0) is 9.84. The molecule has 1 unspecified atom stereocenters. The fraction of sp³-hybridized carbons (Fsp3) is 0.778. The van der Waals surface area contributed by atoms with E-state index in [4.69, 9.17) is 5.73 Å². The standard InChI is InChI=1S/C9H18N4/c1-4-13-6-11-12-9(13)8(10)5-7(2)3/h6-8H,4-5,10H2,1-3H3. The lowest BCUT2D eigenvalue weighted by atomic mass is 10.0. The van der Waals surface area contributed by atoms with Gasteiger partial charge in [-0.15, -0.1) is 10.2 Å². The van der Waals surface area contributed by atoms with Gasteiger partial charge in [-0.3, -0.25) is 0 Å². The lowest BCUT2D eigenvalue weighted by Crippen LogP contribution is -2.18. The molecule has 13 heavy (non-hydrogen) atoms. The van der Waals surface area contributed by atoms with Gasteiger partial charge in [-0.1, -0.05) is 13.8 Å². The third-order valence-corrected chi connectivity index (χ3v) is 2.04. The molecule has 0 spiro atoms. The molecule has 1 heterocycles. The minimum atomic E-state index is 0.0162. The van der Waals surface area contributed by atoms with E-state index < -0.39 is 0 Å². The van der Waals surface area contributed by atoms with Gasteiger partial charge in [0.1, 0.15) is 12.2 Å². The molecule has 0 aliphatic rings. The van der Waals surface area contributed by atoms with Gasteiger partial charge in [-0.2, -0.15) is 0 Å². The van der Waals surface area contributed by atoms with Crippen LogP contribution in [0.15, 0.2) is 6.33 Å². The molecule has 4 heteroatoms. The number of nitrogens with two attached hydrogens (primary N) is 1. The van der Waals surface area contributed by atoms with Crippen molar-refractivity contribution < 1.29 is 0 Å². The fourth-order valence-corrected chi connectivity index (χ4v) is 1.41. The SMILES string of the molecule is CCn1cnnc1C(N)CC(C)C. The van der Waals surface area contributed by atoms with E-state index in [1.54, 1.807) is 6.33 Å². The molecule has 0 radical (unpaired) electrons. The summed E-state index contributed by atoms with van der Waals surface area (Å²) >= 11 is 0. The van der Waals surface area contributed by atoms with E-state index in [2.05, 4.69) is 31.0 Å². The molecule has 0 aliphatic carbocycles. The first-order valence-electron chi connectivity index (χ1n) is 4.78. The molecule has 0 fully saturated rings. The molecule has 0 saturated heterocycles. The van der Waals surface area contributed by atoms with Crippen LogP contribution in [-0.2, 0) is 6.54 Å². The average Bonchev–Trinajstić information content (AvgIpc) is 2.49. The average molecular weight is 182 g/mol. The Labute approximate surface area is 79.2 Å². The third kappa shape index (κ3) is 2.52. The van der Waals surface area contributed by atoms with Gasteiger partial charge in [0.25, 0.3) is 0 Å². The molecule has 1 aromatic heterocycles. The Hall–Kier alpha value is -0.900. The van der Waals surface area contributed by atoms with Gasteiger partial charge < -0.3 is 10.3 Å². The number of rotatable bonds is 4. The van der Waals surface area contributed by atoms with Crippen LogP contribution in [-0.4, -0.2) is 14.8 Å². The summed E-state index contributed by atoms with van der Waals surface area (Å²) in [6.45, 7) is 7.27.